The highest BCUT2D eigenvalue weighted by Gasteiger charge is 1.53. The summed E-state index contributed by atoms with van der Waals surface area (Å²) in [5.74, 6) is 0. The minimum atomic E-state index is 1.79. The molecule has 0 fully saturated rings. The molecule has 1 aromatic rings. The van der Waals surface area contributed by atoms with Crippen LogP contribution in [-0.4, -0.2) is 15.4 Å². The molecule has 1 rings (SSSR count). The van der Waals surface area contributed by atoms with Crippen LogP contribution in [0.25, 0.3) is 0 Å². The van der Waals surface area contributed by atoms with Crippen LogP contribution < -0.4 is 0 Å². The van der Waals surface area contributed by atoms with Gasteiger partial charge in [0, 0.05) is 12.4 Å². The second-order valence-electron chi connectivity index (χ2n) is 1.13. The number of aromatic nitrogens is 3. The van der Waals surface area contributed by atoms with Gasteiger partial charge in [-0.1, -0.05) is 0 Å². The van der Waals surface area contributed by atoms with Gasteiger partial charge in [-0.3, -0.25) is 10.2 Å². The lowest BCUT2D eigenvalue weighted by Gasteiger charge is -1.68. The van der Waals surface area contributed by atoms with E-state index >= 15 is 0 Å². The molecule has 0 radical (unpaired) electrons. The lowest BCUT2D eigenvalue weighted by atomic mass is 10.6. The summed E-state index contributed by atoms with van der Waals surface area (Å²) < 4.78 is 0. The molecule has 3 N–H and O–H groups in total. The lowest BCUT2D eigenvalue weighted by Crippen LogP contribution is -1.70. The van der Waals surface area contributed by atoms with Gasteiger partial charge in [-0.05, 0) is 12.1 Å². The van der Waals surface area contributed by atoms with E-state index < -0.39 is 0 Å². The van der Waals surface area contributed by atoms with Crippen molar-refractivity contribution in [2.45, 2.75) is 0 Å². The maximum atomic E-state index is 2.74. The van der Waals surface area contributed by atoms with Crippen molar-refractivity contribution in [1.29, 1.82) is 0 Å². The molecule has 0 aliphatic heterocycles. The predicted octanol–water partition coefficient (Wildman–Crippen LogP) is 0.795. The Labute approximate surface area is 41.0 Å². The molecule has 1 aromatic heterocycles. The van der Waals surface area contributed by atoms with E-state index in [1.165, 1.54) is 0 Å². The van der Waals surface area contributed by atoms with Gasteiger partial charge in [0.15, 0.2) is 0 Å². The van der Waals surface area contributed by atoms with Gasteiger partial charge in [-0.2, -0.15) is 0 Å². The monoisotopic (exact) mass is 97.1 g/mol. The van der Waals surface area contributed by atoms with Crippen molar-refractivity contribution in [3.05, 3.63) is 24.5 Å². The first kappa shape index (κ1) is 4.05. The van der Waals surface area contributed by atoms with Crippen LogP contribution in [0.2, 0.25) is 0 Å². The van der Waals surface area contributed by atoms with Gasteiger partial charge in [0.25, 0.3) is 0 Å². The number of hydrogen-bond acceptors (Lipinski definition) is 0. The third kappa shape index (κ3) is 1.17. The minimum Gasteiger partial charge on any atom is -0.294 e. The highest BCUT2D eigenvalue weighted by atomic mass is 15.3. The SMILES string of the molecule is c1cc[nH][nH][nH]c1. The first-order valence-electron chi connectivity index (χ1n) is 2.08. The molecule has 0 saturated heterocycles. The van der Waals surface area contributed by atoms with E-state index in [0.29, 0.717) is 0 Å². The number of rotatable bonds is 0. The lowest BCUT2D eigenvalue weighted by molar-refractivity contribution is 0.891. The fraction of sp³-hybridized carbons (Fsp3) is 0. The van der Waals surface area contributed by atoms with E-state index in [0.717, 1.165) is 0 Å². The predicted molar refractivity (Wildman–Crippen MR) is 27.1 cm³/mol. The molecule has 0 amide bonds. The first-order valence-corrected chi connectivity index (χ1v) is 2.08. The van der Waals surface area contributed by atoms with E-state index in [1.54, 1.807) is 12.4 Å². The standard InChI is InChI=1S/C4H7N3/c1-2-4-6-7-5-3-1/h1-7H. The molecule has 0 aliphatic rings. The summed E-state index contributed by atoms with van der Waals surface area (Å²) in [5.41, 5.74) is 0. The van der Waals surface area contributed by atoms with Gasteiger partial charge in [0.1, 0.15) is 0 Å². The third-order valence-corrected chi connectivity index (χ3v) is 0.615. The summed E-state index contributed by atoms with van der Waals surface area (Å²) in [6.07, 6.45) is 3.58. The smallest absolute Gasteiger partial charge is 0.0193 e. The van der Waals surface area contributed by atoms with Gasteiger partial charge < -0.3 is 0 Å². The quantitative estimate of drug-likeness (QED) is 0.429. The molecule has 3 nitrogen and oxygen atoms in total. The first-order chi connectivity index (χ1) is 3.50. The average molecular weight is 97.1 g/mol. The van der Waals surface area contributed by atoms with Gasteiger partial charge in [0.2, 0.25) is 0 Å². The molecule has 0 unspecified atom stereocenters. The molecular formula is C4H7N3. The molecule has 3 heteroatoms. The van der Waals surface area contributed by atoms with Gasteiger partial charge >= 0.3 is 0 Å². The van der Waals surface area contributed by atoms with Crippen molar-refractivity contribution in [1.82, 2.24) is 15.4 Å². The number of hydrogen-bond donors (Lipinski definition) is 3. The largest absolute Gasteiger partial charge is 0.294 e. The molecule has 7 heavy (non-hydrogen) atoms. The van der Waals surface area contributed by atoms with Crippen LogP contribution in [0.5, 0.6) is 0 Å². The van der Waals surface area contributed by atoms with Crippen LogP contribution in [-0.2, 0) is 0 Å². The number of H-pyrrole nitrogens is 3. The maximum Gasteiger partial charge on any atom is 0.0193 e. The molecule has 1 heterocycles. The Morgan fingerprint density at radius 3 is 2.00 bits per heavy atom. The van der Waals surface area contributed by atoms with E-state index in [1.807, 2.05) is 12.1 Å². The van der Waals surface area contributed by atoms with Crippen LogP contribution in [0.1, 0.15) is 0 Å². The molecule has 0 aromatic carbocycles. The van der Waals surface area contributed by atoms with Crippen molar-refractivity contribution in [3.8, 4) is 0 Å². The van der Waals surface area contributed by atoms with E-state index in [4.69, 9.17) is 0 Å². The molecule has 0 bridgehead atoms. The molecule has 0 saturated carbocycles. The Hall–Kier alpha value is -1.12. The second kappa shape index (κ2) is 2.12. The Balaban J connectivity index is 3.06. The van der Waals surface area contributed by atoms with E-state index in [2.05, 4.69) is 15.4 Å². The zero-order chi connectivity index (χ0) is 4.95. The van der Waals surface area contributed by atoms with Gasteiger partial charge in [-0.15, -0.1) is 0 Å². The molecule has 0 atom stereocenters. The van der Waals surface area contributed by atoms with Crippen molar-refractivity contribution in [2.24, 2.45) is 0 Å². The minimum absolute atomic E-state index is 1.79. The Bertz CT molecular complexity index is 94.9. The van der Waals surface area contributed by atoms with Crippen LogP contribution in [0.3, 0.4) is 0 Å². The average Bonchev–Trinajstić information content (AvgIpc) is 1.90. The van der Waals surface area contributed by atoms with Crippen molar-refractivity contribution in [2.75, 3.05) is 0 Å². The molecule has 0 spiro atoms. The fourth-order valence-corrected chi connectivity index (χ4v) is 0.332. The molecule has 0 aliphatic carbocycles. The van der Waals surface area contributed by atoms with Crippen molar-refractivity contribution < 1.29 is 0 Å². The third-order valence-electron chi connectivity index (χ3n) is 0.615. The summed E-state index contributed by atoms with van der Waals surface area (Å²) in [4.78, 5) is 0. The molecular weight excluding hydrogens is 90.1 g/mol. The van der Waals surface area contributed by atoms with E-state index in [9.17, 15) is 0 Å². The van der Waals surface area contributed by atoms with E-state index in [-0.39, 0.29) is 0 Å². The number of nitrogens with one attached hydrogen (secondary N) is 3. The Morgan fingerprint density at radius 2 is 1.43 bits per heavy atom. The van der Waals surface area contributed by atoms with Crippen LogP contribution in [0.4, 0.5) is 0 Å². The second-order valence-corrected chi connectivity index (χ2v) is 1.13. The zero-order valence-corrected chi connectivity index (χ0v) is 3.81. The summed E-state index contributed by atoms with van der Waals surface area (Å²) >= 11 is 0. The van der Waals surface area contributed by atoms with Gasteiger partial charge in [-0.25, -0.2) is 5.21 Å². The highest BCUT2D eigenvalue weighted by molar-refractivity contribution is 4.78. The Morgan fingerprint density at radius 1 is 0.857 bits per heavy atom. The van der Waals surface area contributed by atoms with Crippen molar-refractivity contribution in [3.63, 3.8) is 0 Å². The maximum absolute atomic E-state index is 2.74. The highest BCUT2D eigenvalue weighted by Crippen LogP contribution is 1.66. The summed E-state index contributed by atoms with van der Waals surface area (Å²) in [5, 5.41) is 8.16. The van der Waals surface area contributed by atoms with Crippen molar-refractivity contribution >= 4 is 0 Å². The molecule has 38 valence electrons. The van der Waals surface area contributed by atoms with Crippen LogP contribution in [0.15, 0.2) is 24.5 Å². The summed E-state index contributed by atoms with van der Waals surface area (Å²) in [6, 6.07) is 3.76. The van der Waals surface area contributed by atoms with Crippen LogP contribution in [0, 0.1) is 0 Å². The Kier molecular flexibility index (Phi) is 1.23. The zero-order valence-electron chi connectivity index (χ0n) is 3.81. The fourth-order valence-electron chi connectivity index (χ4n) is 0.332. The van der Waals surface area contributed by atoms with Gasteiger partial charge in [0.05, 0.1) is 0 Å². The topological polar surface area (TPSA) is 47.4 Å². The normalized spacial score (nSPS) is 8.00. The summed E-state index contributed by atoms with van der Waals surface area (Å²) in [6.45, 7) is 0. The summed E-state index contributed by atoms with van der Waals surface area (Å²) in [7, 11) is 0. The number of aromatic amines is 3. The van der Waals surface area contributed by atoms with Crippen LogP contribution >= 0.6 is 0 Å².